The maximum Gasteiger partial charge on any atom is 0.316 e. The van der Waals surface area contributed by atoms with E-state index in [2.05, 4.69) is 34.6 Å². The summed E-state index contributed by atoms with van der Waals surface area (Å²) in [6, 6.07) is 18.3. The summed E-state index contributed by atoms with van der Waals surface area (Å²) >= 11 is 0. The van der Waals surface area contributed by atoms with Crippen LogP contribution in [0.1, 0.15) is 31.7 Å². The zero-order valence-corrected chi connectivity index (χ0v) is 12.6. The molecule has 0 amide bonds. The van der Waals surface area contributed by atoms with E-state index in [4.69, 9.17) is 4.42 Å². The molecule has 3 aromatic rings. The van der Waals surface area contributed by atoms with E-state index in [0.717, 1.165) is 41.6 Å². The lowest BCUT2D eigenvalue weighted by atomic mass is 10.1. The van der Waals surface area contributed by atoms with E-state index < -0.39 is 0 Å². The minimum Gasteiger partial charge on any atom is -0.422 e. The SMILES string of the molecule is CCCC/C(=N/Nc1nc2ccccc2o1)c1ccccc1. The van der Waals surface area contributed by atoms with Gasteiger partial charge in [-0.1, -0.05) is 55.8 Å². The van der Waals surface area contributed by atoms with Crippen molar-refractivity contribution in [1.29, 1.82) is 0 Å². The van der Waals surface area contributed by atoms with Crippen molar-refractivity contribution in [2.45, 2.75) is 26.2 Å². The van der Waals surface area contributed by atoms with Gasteiger partial charge in [-0.05, 0) is 30.5 Å². The highest BCUT2D eigenvalue weighted by Gasteiger charge is 2.06. The first kappa shape index (κ1) is 14.3. The molecule has 1 aromatic heterocycles. The summed E-state index contributed by atoms with van der Waals surface area (Å²) in [5.41, 5.74) is 6.68. The van der Waals surface area contributed by atoms with Crippen LogP contribution in [0.4, 0.5) is 6.01 Å². The van der Waals surface area contributed by atoms with E-state index >= 15 is 0 Å². The summed E-state index contributed by atoms with van der Waals surface area (Å²) in [6.07, 6.45) is 3.16. The van der Waals surface area contributed by atoms with Crippen LogP contribution in [0.2, 0.25) is 0 Å². The zero-order valence-electron chi connectivity index (χ0n) is 12.6. The van der Waals surface area contributed by atoms with Crippen LogP contribution in [-0.4, -0.2) is 10.7 Å². The van der Waals surface area contributed by atoms with Crippen molar-refractivity contribution in [3.63, 3.8) is 0 Å². The molecule has 4 nitrogen and oxygen atoms in total. The lowest BCUT2D eigenvalue weighted by molar-refractivity contribution is 0.617. The summed E-state index contributed by atoms with van der Waals surface area (Å²) < 4.78 is 5.63. The molecular formula is C18H19N3O. The number of anilines is 1. The second-order valence-electron chi connectivity index (χ2n) is 5.13. The number of nitrogens with zero attached hydrogens (tertiary/aromatic N) is 2. The highest BCUT2D eigenvalue weighted by molar-refractivity contribution is 6.00. The van der Waals surface area contributed by atoms with Crippen LogP contribution < -0.4 is 5.43 Å². The van der Waals surface area contributed by atoms with E-state index in [1.807, 2.05) is 42.5 Å². The van der Waals surface area contributed by atoms with Crippen molar-refractivity contribution in [3.05, 3.63) is 60.2 Å². The van der Waals surface area contributed by atoms with Crippen LogP contribution in [0.3, 0.4) is 0 Å². The van der Waals surface area contributed by atoms with Crippen molar-refractivity contribution in [2.75, 3.05) is 5.43 Å². The fourth-order valence-electron chi connectivity index (χ4n) is 2.27. The molecule has 0 aliphatic heterocycles. The van der Waals surface area contributed by atoms with Crippen LogP contribution in [0, 0.1) is 0 Å². The van der Waals surface area contributed by atoms with Gasteiger partial charge in [0.25, 0.3) is 0 Å². The number of unbranched alkanes of at least 4 members (excludes halogenated alkanes) is 1. The number of hydrogen-bond acceptors (Lipinski definition) is 4. The first-order valence-corrected chi connectivity index (χ1v) is 7.60. The minimum atomic E-state index is 0.422. The molecule has 0 atom stereocenters. The van der Waals surface area contributed by atoms with Crippen LogP contribution in [0.25, 0.3) is 11.1 Å². The third-order valence-corrected chi connectivity index (χ3v) is 3.45. The molecule has 0 aliphatic carbocycles. The van der Waals surface area contributed by atoms with Crippen LogP contribution in [0.15, 0.2) is 64.1 Å². The number of nitrogens with one attached hydrogen (secondary N) is 1. The standard InChI is InChI=1S/C18H19N3O/c1-2-3-11-15(14-9-5-4-6-10-14)20-21-18-19-16-12-7-8-13-17(16)22-18/h4-10,12-13H,2-3,11H2,1H3,(H,19,21)/b20-15-. The Morgan fingerprint density at radius 1 is 1.09 bits per heavy atom. The Morgan fingerprint density at radius 3 is 2.64 bits per heavy atom. The monoisotopic (exact) mass is 293 g/mol. The fraction of sp³-hybridized carbons (Fsp3) is 0.222. The molecule has 4 heteroatoms. The lowest BCUT2D eigenvalue weighted by Gasteiger charge is -2.05. The van der Waals surface area contributed by atoms with Gasteiger partial charge in [0, 0.05) is 0 Å². The zero-order chi connectivity index (χ0) is 15.2. The summed E-state index contributed by atoms with van der Waals surface area (Å²) in [4.78, 5) is 4.37. The van der Waals surface area contributed by atoms with Crippen LogP contribution in [0.5, 0.6) is 0 Å². The topological polar surface area (TPSA) is 50.4 Å². The van der Waals surface area contributed by atoms with Gasteiger partial charge in [0.15, 0.2) is 5.58 Å². The third-order valence-electron chi connectivity index (χ3n) is 3.45. The van der Waals surface area contributed by atoms with E-state index in [-0.39, 0.29) is 0 Å². The maximum absolute atomic E-state index is 5.63. The molecule has 0 radical (unpaired) electrons. The van der Waals surface area contributed by atoms with Crippen molar-refractivity contribution in [1.82, 2.24) is 4.98 Å². The molecule has 1 N–H and O–H groups in total. The van der Waals surface area contributed by atoms with Crippen molar-refractivity contribution in [2.24, 2.45) is 5.10 Å². The predicted molar refractivity (Wildman–Crippen MR) is 90.1 cm³/mol. The van der Waals surface area contributed by atoms with Gasteiger partial charge in [-0.3, -0.25) is 0 Å². The molecule has 0 spiro atoms. The van der Waals surface area contributed by atoms with Gasteiger partial charge in [0.05, 0.1) is 5.71 Å². The number of aromatic nitrogens is 1. The second-order valence-corrected chi connectivity index (χ2v) is 5.13. The van der Waals surface area contributed by atoms with E-state index in [0.29, 0.717) is 6.01 Å². The van der Waals surface area contributed by atoms with Gasteiger partial charge in [0.2, 0.25) is 0 Å². The number of oxazole rings is 1. The van der Waals surface area contributed by atoms with Crippen molar-refractivity contribution < 1.29 is 4.42 Å². The fourth-order valence-corrected chi connectivity index (χ4v) is 2.27. The molecule has 0 bridgehead atoms. The maximum atomic E-state index is 5.63. The van der Waals surface area contributed by atoms with Gasteiger partial charge >= 0.3 is 6.01 Å². The number of hydrogen-bond donors (Lipinski definition) is 1. The van der Waals surface area contributed by atoms with Crippen LogP contribution >= 0.6 is 0 Å². The van der Waals surface area contributed by atoms with Gasteiger partial charge in [0.1, 0.15) is 5.52 Å². The van der Waals surface area contributed by atoms with Gasteiger partial charge < -0.3 is 4.42 Å². The van der Waals surface area contributed by atoms with Crippen molar-refractivity contribution in [3.8, 4) is 0 Å². The Morgan fingerprint density at radius 2 is 1.86 bits per heavy atom. The molecule has 2 aromatic carbocycles. The second kappa shape index (κ2) is 6.89. The number of para-hydroxylation sites is 2. The third kappa shape index (κ3) is 3.34. The molecule has 22 heavy (non-hydrogen) atoms. The molecule has 0 aliphatic rings. The average molecular weight is 293 g/mol. The lowest BCUT2D eigenvalue weighted by Crippen LogP contribution is -2.04. The highest BCUT2D eigenvalue weighted by Crippen LogP contribution is 2.18. The van der Waals surface area contributed by atoms with E-state index in [9.17, 15) is 0 Å². The smallest absolute Gasteiger partial charge is 0.316 e. The van der Waals surface area contributed by atoms with E-state index in [1.165, 1.54) is 0 Å². The minimum absolute atomic E-state index is 0.422. The molecule has 0 fully saturated rings. The quantitative estimate of drug-likeness (QED) is 0.523. The molecule has 0 saturated carbocycles. The van der Waals surface area contributed by atoms with Gasteiger partial charge in [-0.2, -0.15) is 10.1 Å². The van der Waals surface area contributed by atoms with Gasteiger partial charge in [-0.15, -0.1) is 0 Å². The Labute approximate surface area is 129 Å². The number of rotatable bonds is 6. The van der Waals surface area contributed by atoms with E-state index in [1.54, 1.807) is 0 Å². The van der Waals surface area contributed by atoms with Crippen LogP contribution in [-0.2, 0) is 0 Å². The largest absolute Gasteiger partial charge is 0.422 e. The molecule has 1 heterocycles. The molecule has 0 unspecified atom stereocenters. The summed E-state index contributed by atoms with van der Waals surface area (Å²) in [5.74, 6) is 0. The summed E-state index contributed by atoms with van der Waals surface area (Å²) in [7, 11) is 0. The Bertz CT molecular complexity index is 729. The normalized spacial score (nSPS) is 11.8. The van der Waals surface area contributed by atoms with Gasteiger partial charge in [-0.25, -0.2) is 5.43 Å². The summed E-state index contributed by atoms with van der Waals surface area (Å²) in [5, 5.41) is 4.51. The molecular weight excluding hydrogens is 274 g/mol. The Hall–Kier alpha value is -2.62. The first-order chi connectivity index (χ1) is 10.9. The summed E-state index contributed by atoms with van der Waals surface area (Å²) in [6.45, 7) is 2.18. The Balaban J connectivity index is 1.82. The molecule has 3 rings (SSSR count). The average Bonchev–Trinajstić information content (AvgIpc) is 2.98. The predicted octanol–water partition coefficient (Wildman–Crippen LogP) is 4.83. The first-order valence-electron chi connectivity index (χ1n) is 7.60. The highest BCUT2D eigenvalue weighted by atomic mass is 16.4. The Kier molecular flexibility index (Phi) is 4.49. The number of hydrazone groups is 1. The van der Waals surface area contributed by atoms with Crippen molar-refractivity contribution >= 4 is 22.8 Å². The molecule has 0 saturated heterocycles. The number of fused-ring (bicyclic) bond motifs is 1. The number of benzene rings is 2. The molecule has 112 valence electrons.